The molecule has 23 heavy (non-hydrogen) atoms. The van der Waals surface area contributed by atoms with Crippen molar-refractivity contribution >= 4 is 54.5 Å². The van der Waals surface area contributed by atoms with Crippen LogP contribution in [0, 0.1) is 0 Å². The number of hydrogen-bond donors (Lipinski definition) is 0. The number of benzene rings is 1. The minimum absolute atomic E-state index is 0.130. The molecule has 2 heterocycles. The third-order valence-corrected chi connectivity index (χ3v) is 7.26. The molecule has 5 nitrogen and oxygen atoms in total. The molecule has 0 spiro atoms. The summed E-state index contributed by atoms with van der Waals surface area (Å²) in [6.07, 6.45) is 0. The van der Waals surface area contributed by atoms with Gasteiger partial charge in [-0.25, -0.2) is 0 Å². The van der Waals surface area contributed by atoms with Gasteiger partial charge in [0.25, 0.3) is 10.0 Å². The molecular formula is C14H13ClN2O3S3. The second-order valence-corrected chi connectivity index (χ2v) is 9.16. The van der Waals surface area contributed by atoms with E-state index in [0.717, 1.165) is 21.6 Å². The van der Waals surface area contributed by atoms with E-state index < -0.39 is 10.0 Å². The van der Waals surface area contributed by atoms with Gasteiger partial charge in [-0.15, -0.1) is 15.7 Å². The summed E-state index contributed by atoms with van der Waals surface area (Å²) in [5.74, 6) is 0.710. The van der Waals surface area contributed by atoms with Crippen molar-refractivity contribution in [3.8, 4) is 5.75 Å². The molecule has 0 atom stereocenters. The first-order valence-electron chi connectivity index (χ1n) is 6.70. The van der Waals surface area contributed by atoms with E-state index in [-0.39, 0.29) is 4.21 Å². The Balaban J connectivity index is 2.21. The Morgan fingerprint density at radius 1 is 1.26 bits per heavy atom. The summed E-state index contributed by atoms with van der Waals surface area (Å²) in [4.78, 5) is 0.386. The van der Waals surface area contributed by atoms with Crippen LogP contribution < -0.4 is 9.54 Å². The van der Waals surface area contributed by atoms with Crippen LogP contribution in [0.5, 0.6) is 5.75 Å². The van der Waals surface area contributed by atoms with E-state index in [1.54, 1.807) is 17.7 Å². The van der Waals surface area contributed by atoms with Crippen LogP contribution in [0.15, 0.2) is 38.9 Å². The SMILES string of the molecule is CCOc1cccc2sc(=NS(=O)(=O)c3ccc(Cl)s3)n(C)c12. The highest BCUT2D eigenvalue weighted by Crippen LogP contribution is 2.29. The average Bonchev–Trinajstić information content (AvgIpc) is 3.05. The molecule has 0 aliphatic carbocycles. The summed E-state index contributed by atoms with van der Waals surface area (Å²) in [6.45, 7) is 2.44. The van der Waals surface area contributed by atoms with E-state index in [0.29, 0.717) is 21.5 Å². The second kappa shape index (κ2) is 6.27. The zero-order valence-electron chi connectivity index (χ0n) is 12.3. The number of sulfonamides is 1. The predicted octanol–water partition coefficient (Wildman–Crippen LogP) is 3.64. The molecule has 0 aliphatic rings. The minimum atomic E-state index is -3.78. The van der Waals surface area contributed by atoms with Crippen LogP contribution in [0.4, 0.5) is 0 Å². The highest BCUT2D eigenvalue weighted by molar-refractivity contribution is 7.92. The van der Waals surface area contributed by atoms with E-state index in [2.05, 4.69) is 4.40 Å². The van der Waals surface area contributed by atoms with Gasteiger partial charge >= 0.3 is 0 Å². The van der Waals surface area contributed by atoms with Crippen LogP contribution in [0.25, 0.3) is 10.2 Å². The van der Waals surface area contributed by atoms with Crippen molar-refractivity contribution in [1.29, 1.82) is 0 Å². The normalized spacial score (nSPS) is 12.9. The Hall–Kier alpha value is -1.35. The lowest BCUT2D eigenvalue weighted by molar-refractivity contribution is 0.343. The fourth-order valence-corrected chi connectivity index (χ4v) is 5.84. The summed E-state index contributed by atoms with van der Waals surface area (Å²) in [5, 5.41) is 0. The maximum absolute atomic E-state index is 12.4. The van der Waals surface area contributed by atoms with Crippen LogP contribution in [0.2, 0.25) is 4.34 Å². The zero-order chi connectivity index (χ0) is 16.6. The first-order chi connectivity index (χ1) is 10.9. The highest BCUT2D eigenvalue weighted by Gasteiger charge is 2.17. The second-order valence-electron chi connectivity index (χ2n) is 4.60. The minimum Gasteiger partial charge on any atom is -0.492 e. The number of ether oxygens (including phenoxy) is 1. The smallest absolute Gasteiger partial charge is 0.294 e. The summed E-state index contributed by atoms with van der Waals surface area (Å²) in [6, 6.07) is 8.66. The molecule has 3 aromatic rings. The summed E-state index contributed by atoms with van der Waals surface area (Å²) in [5.41, 5.74) is 0.831. The number of halogens is 1. The van der Waals surface area contributed by atoms with Crippen LogP contribution >= 0.6 is 34.3 Å². The van der Waals surface area contributed by atoms with Gasteiger partial charge in [-0.3, -0.25) is 0 Å². The molecule has 0 aliphatic heterocycles. The van der Waals surface area contributed by atoms with Gasteiger partial charge in [0.05, 0.1) is 15.6 Å². The van der Waals surface area contributed by atoms with Crippen LogP contribution in [-0.2, 0) is 17.1 Å². The van der Waals surface area contributed by atoms with E-state index in [9.17, 15) is 8.42 Å². The van der Waals surface area contributed by atoms with Crippen molar-refractivity contribution in [2.75, 3.05) is 6.61 Å². The number of para-hydroxylation sites is 1. The van der Waals surface area contributed by atoms with Gasteiger partial charge in [0.15, 0.2) is 0 Å². The number of aryl methyl sites for hydroxylation is 1. The van der Waals surface area contributed by atoms with Crippen molar-refractivity contribution in [3.63, 3.8) is 0 Å². The Morgan fingerprint density at radius 2 is 2.04 bits per heavy atom. The molecule has 9 heteroatoms. The largest absolute Gasteiger partial charge is 0.492 e. The van der Waals surface area contributed by atoms with Crippen molar-refractivity contribution in [1.82, 2.24) is 4.57 Å². The molecular weight excluding hydrogens is 376 g/mol. The number of nitrogens with zero attached hydrogens (tertiary/aromatic N) is 2. The van der Waals surface area contributed by atoms with Gasteiger partial charge in [-0.05, 0) is 31.2 Å². The molecule has 0 unspecified atom stereocenters. The first-order valence-corrected chi connectivity index (χ1v) is 10.1. The van der Waals surface area contributed by atoms with Crippen molar-refractivity contribution in [3.05, 3.63) is 39.5 Å². The Labute approximate surface area is 146 Å². The quantitative estimate of drug-likeness (QED) is 0.685. The zero-order valence-corrected chi connectivity index (χ0v) is 15.5. The number of hydrogen-bond acceptors (Lipinski definition) is 5. The summed E-state index contributed by atoms with van der Waals surface area (Å²) < 4.78 is 37.6. The fourth-order valence-electron chi connectivity index (χ4n) is 2.11. The number of rotatable bonds is 4. The number of aromatic nitrogens is 1. The number of thiophene rings is 1. The maximum atomic E-state index is 12.4. The molecule has 0 fully saturated rings. The molecule has 0 radical (unpaired) electrons. The average molecular weight is 389 g/mol. The molecule has 0 saturated carbocycles. The summed E-state index contributed by atoms with van der Waals surface area (Å²) >= 11 is 8.11. The Bertz CT molecular complexity index is 1030. The Morgan fingerprint density at radius 3 is 2.70 bits per heavy atom. The van der Waals surface area contributed by atoms with Crippen LogP contribution in [0.3, 0.4) is 0 Å². The van der Waals surface area contributed by atoms with Crippen molar-refractivity contribution in [2.45, 2.75) is 11.1 Å². The van der Waals surface area contributed by atoms with Gasteiger partial charge < -0.3 is 9.30 Å². The third kappa shape index (κ3) is 3.16. The first kappa shape index (κ1) is 16.5. The fraction of sp³-hybridized carbons (Fsp3) is 0.214. The lowest BCUT2D eigenvalue weighted by Crippen LogP contribution is -2.13. The van der Waals surface area contributed by atoms with Gasteiger partial charge in [-0.2, -0.15) is 8.42 Å². The van der Waals surface area contributed by atoms with Crippen molar-refractivity contribution < 1.29 is 13.2 Å². The molecule has 1 aromatic carbocycles. The van der Waals surface area contributed by atoms with Gasteiger partial charge in [0.2, 0.25) is 4.80 Å². The standard InChI is InChI=1S/C14H13ClN2O3S3/c1-3-20-9-5-4-6-10-13(9)17(2)14(21-10)16-23(18,19)12-8-7-11(15)22-12/h4-8H,3H2,1-2H3. The maximum Gasteiger partial charge on any atom is 0.294 e. The van der Waals surface area contributed by atoms with Crippen LogP contribution in [-0.4, -0.2) is 19.6 Å². The predicted molar refractivity (Wildman–Crippen MR) is 94.0 cm³/mol. The molecule has 122 valence electrons. The van der Waals surface area contributed by atoms with Gasteiger partial charge in [0.1, 0.15) is 15.5 Å². The van der Waals surface area contributed by atoms with E-state index in [4.69, 9.17) is 16.3 Å². The van der Waals surface area contributed by atoms with Crippen molar-refractivity contribution in [2.24, 2.45) is 11.4 Å². The topological polar surface area (TPSA) is 60.7 Å². The summed E-state index contributed by atoms with van der Waals surface area (Å²) in [7, 11) is -2.01. The van der Waals surface area contributed by atoms with E-state index >= 15 is 0 Å². The third-order valence-electron chi connectivity index (χ3n) is 3.09. The molecule has 3 rings (SSSR count). The molecule has 0 amide bonds. The lowest BCUT2D eigenvalue weighted by Gasteiger charge is -2.05. The van der Waals surface area contributed by atoms with E-state index in [1.807, 2.05) is 25.1 Å². The Kier molecular flexibility index (Phi) is 4.50. The van der Waals surface area contributed by atoms with Crippen LogP contribution in [0.1, 0.15) is 6.92 Å². The van der Waals surface area contributed by atoms with E-state index in [1.165, 1.54) is 17.4 Å². The number of thiazole rings is 1. The molecule has 0 bridgehead atoms. The molecule has 2 aromatic heterocycles. The van der Waals surface area contributed by atoms with Gasteiger partial charge in [-0.1, -0.05) is 29.0 Å². The molecule has 0 saturated heterocycles. The molecule has 0 N–H and O–H groups in total. The lowest BCUT2D eigenvalue weighted by atomic mass is 10.3. The monoisotopic (exact) mass is 388 g/mol. The number of fused-ring (bicyclic) bond motifs is 1. The van der Waals surface area contributed by atoms with Gasteiger partial charge in [0, 0.05) is 7.05 Å². The highest BCUT2D eigenvalue weighted by atomic mass is 35.5.